The topological polar surface area (TPSA) is 92.3 Å². The van der Waals surface area contributed by atoms with Crippen LogP contribution in [-0.4, -0.2) is 48.9 Å². The highest BCUT2D eigenvalue weighted by Crippen LogP contribution is 2.50. The first-order valence-electron chi connectivity index (χ1n) is 8.74. The molecule has 26 heavy (non-hydrogen) atoms. The van der Waals surface area contributed by atoms with Crippen LogP contribution in [0.25, 0.3) is 0 Å². The van der Waals surface area contributed by atoms with Gasteiger partial charge in [-0.2, -0.15) is 0 Å². The Morgan fingerprint density at radius 2 is 2.08 bits per heavy atom. The molecule has 1 aromatic rings. The van der Waals surface area contributed by atoms with Gasteiger partial charge in [-0.15, -0.1) is 0 Å². The molecule has 0 saturated carbocycles. The van der Waals surface area contributed by atoms with Gasteiger partial charge in [-0.25, -0.2) is 0 Å². The van der Waals surface area contributed by atoms with Gasteiger partial charge >= 0.3 is 0 Å². The second-order valence-corrected chi connectivity index (χ2v) is 7.60. The molecule has 3 amide bonds. The number of hydrogen-bond donors (Lipinski definition) is 2. The van der Waals surface area contributed by atoms with Gasteiger partial charge in [0.2, 0.25) is 17.4 Å². The maximum Gasteiger partial charge on any atom is 0.291 e. The van der Waals surface area contributed by atoms with Crippen molar-refractivity contribution in [2.24, 2.45) is 11.8 Å². The number of carbonyl (C=O) groups excluding carboxylic acids is 3. The van der Waals surface area contributed by atoms with Crippen LogP contribution in [0.4, 0.5) is 5.69 Å². The highest BCUT2D eigenvalue weighted by Gasteiger charge is 2.73. The van der Waals surface area contributed by atoms with Crippen molar-refractivity contribution < 1.29 is 24.4 Å². The zero-order valence-corrected chi connectivity index (χ0v) is 15.4. The monoisotopic (exact) mass is 378 g/mol. The average molecular weight is 379 g/mol. The normalized spacial score (nSPS) is 32.3. The van der Waals surface area contributed by atoms with Gasteiger partial charge in [0.15, 0.2) is 0 Å². The Bertz CT molecular complexity index is 814. The largest absolute Gasteiger partial charge is 0.385 e. The number of nitrogens with one attached hydrogen (secondary N) is 1. The van der Waals surface area contributed by atoms with Gasteiger partial charge in [-0.3, -0.25) is 19.3 Å². The first-order valence-corrected chi connectivity index (χ1v) is 9.12. The molecule has 0 radical (unpaired) electrons. The summed E-state index contributed by atoms with van der Waals surface area (Å²) in [5.41, 5.74) is 0.100. The van der Waals surface area contributed by atoms with E-state index in [1.165, 1.54) is 4.90 Å². The Balaban J connectivity index is 1.77. The number of quaternary nitrogens is 1. The number of para-hydroxylation sites is 1. The van der Waals surface area contributed by atoms with Gasteiger partial charge in [-0.05, 0) is 25.5 Å². The molecule has 1 aromatic carbocycles. The number of nitrogens with two attached hydrogens (primary N) is 1. The first kappa shape index (κ1) is 17.5. The van der Waals surface area contributed by atoms with Crippen LogP contribution >= 0.6 is 11.6 Å². The van der Waals surface area contributed by atoms with Crippen LogP contribution in [0.15, 0.2) is 18.2 Å². The summed E-state index contributed by atoms with van der Waals surface area (Å²) in [7, 11) is 1.58. The standard InChI is InChI=1S/C18H20ClN3O4/c1-9-12-13(16(24)22(15(12)23)7-4-8-26-2)18(21-9)10-5-3-6-11(19)14(10)20-17(18)25/h3,5-6,9,12-13,21H,4,7-8H2,1-2H3,(H,20,25)/p+1/t9-,12+,13-,18-/m0/s1. The van der Waals surface area contributed by atoms with Gasteiger partial charge in [0.25, 0.3) is 5.91 Å². The van der Waals surface area contributed by atoms with Crippen molar-refractivity contribution in [3.63, 3.8) is 0 Å². The Morgan fingerprint density at radius 1 is 1.31 bits per heavy atom. The van der Waals surface area contributed by atoms with E-state index in [1.807, 2.05) is 18.3 Å². The molecule has 8 heteroatoms. The maximum absolute atomic E-state index is 13.2. The Labute approximate surface area is 156 Å². The quantitative estimate of drug-likeness (QED) is 0.573. The highest BCUT2D eigenvalue weighted by molar-refractivity contribution is 6.35. The third-order valence-electron chi connectivity index (χ3n) is 5.83. The third kappa shape index (κ3) is 2.11. The zero-order valence-electron chi connectivity index (χ0n) is 14.6. The third-order valence-corrected chi connectivity index (χ3v) is 6.14. The number of imide groups is 1. The lowest BCUT2D eigenvalue weighted by Crippen LogP contribution is -2.98. The summed E-state index contributed by atoms with van der Waals surface area (Å²) in [5.74, 6) is -1.98. The number of methoxy groups -OCH3 is 1. The van der Waals surface area contributed by atoms with Crippen molar-refractivity contribution in [3.8, 4) is 0 Å². The van der Waals surface area contributed by atoms with Crippen molar-refractivity contribution in [1.29, 1.82) is 0 Å². The molecule has 0 bridgehead atoms. The van der Waals surface area contributed by atoms with E-state index in [2.05, 4.69) is 5.32 Å². The van der Waals surface area contributed by atoms with Crippen LogP contribution in [0.2, 0.25) is 5.02 Å². The highest BCUT2D eigenvalue weighted by atomic mass is 35.5. The number of halogens is 1. The summed E-state index contributed by atoms with van der Waals surface area (Å²) >= 11 is 6.25. The molecule has 4 rings (SSSR count). The van der Waals surface area contributed by atoms with E-state index < -0.39 is 17.4 Å². The lowest BCUT2D eigenvalue weighted by atomic mass is 9.76. The number of ether oxygens (including phenoxy) is 1. The SMILES string of the molecule is COCCCN1C(=O)[C@@H]2[C@H](C)[NH2+][C@]3(C(=O)Nc4c(Cl)cccc43)[C@@H]2C1=O. The van der Waals surface area contributed by atoms with Gasteiger partial charge in [0, 0.05) is 25.8 Å². The minimum Gasteiger partial charge on any atom is -0.385 e. The average Bonchev–Trinajstić information content (AvgIpc) is 3.16. The minimum absolute atomic E-state index is 0.181. The smallest absolute Gasteiger partial charge is 0.291 e. The van der Waals surface area contributed by atoms with E-state index in [4.69, 9.17) is 16.3 Å². The van der Waals surface area contributed by atoms with Crippen LogP contribution in [-0.2, 0) is 24.7 Å². The zero-order chi connectivity index (χ0) is 18.6. The molecule has 0 aromatic heterocycles. The molecule has 0 unspecified atom stereocenters. The number of benzene rings is 1. The van der Waals surface area contributed by atoms with Crippen LogP contribution in [0.1, 0.15) is 18.9 Å². The summed E-state index contributed by atoms with van der Waals surface area (Å²) in [6.45, 7) is 2.68. The fraction of sp³-hybridized carbons (Fsp3) is 0.500. The molecule has 3 N–H and O–H groups in total. The summed E-state index contributed by atoms with van der Waals surface area (Å²) in [4.78, 5) is 40.4. The molecular formula is C18H21ClN3O4+. The molecule has 2 saturated heterocycles. The van der Waals surface area contributed by atoms with Gasteiger partial charge in [0.1, 0.15) is 11.8 Å². The van der Waals surface area contributed by atoms with Crippen molar-refractivity contribution in [1.82, 2.24) is 4.90 Å². The Morgan fingerprint density at radius 3 is 2.81 bits per heavy atom. The molecule has 3 aliphatic heterocycles. The number of anilines is 1. The second kappa shape index (κ2) is 6.04. The Kier molecular flexibility index (Phi) is 4.06. The molecule has 3 heterocycles. The summed E-state index contributed by atoms with van der Waals surface area (Å²) in [6, 6.07) is 5.11. The lowest BCUT2D eigenvalue weighted by molar-refractivity contribution is -0.730. The van der Waals surface area contributed by atoms with Crippen LogP contribution in [0, 0.1) is 11.8 Å². The van der Waals surface area contributed by atoms with Crippen molar-refractivity contribution in [3.05, 3.63) is 28.8 Å². The number of rotatable bonds is 4. The summed E-state index contributed by atoms with van der Waals surface area (Å²) in [6.07, 6.45) is 0.577. The van der Waals surface area contributed by atoms with E-state index in [1.54, 1.807) is 19.2 Å². The number of hydrogen-bond acceptors (Lipinski definition) is 4. The van der Waals surface area contributed by atoms with Crippen molar-refractivity contribution >= 4 is 35.0 Å². The van der Waals surface area contributed by atoms with E-state index in [0.29, 0.717) is 35.8 Å². The molecule has 3 aliphatic rings. The van der Waals surface area contributed by atoms with Crippen molar-refractivity contribution in [2.75, 3.05) is 25.6 Å². The van der Waals surface area contributed by atoms with Gasteiger partial charge in [-0.1, -0.05) is 17.7 Å². The summed E-state index contributed by atoms with van der Waals surface area (Å²) < 4.78 is 5.02. The minimum atomic E-state index is -1.13. The summed E-state index contributed by atoms with van der Waals surface area (Å²) in [5, 5.41) is 5.13. The fourth-order valence-corrected chi connectivity index (χ4v) is 5.00. The van der Waals surface area contributed by atoms with Crippen LogP contribution < -0.4 is 10.6 Å². The van der Waals surface area contributed by atoms with Gasteiger partial charge < -0.3 is 15.4 Å². The molecule has 0 aliphatic carbocycles. The van der Waals surface area contributed by atoms with E-state index in [9.17, 15) is 14.4 Å². The number of amides is 3. The molecule has 138 valence electrons. The van der Waals surface area contributed by atoms with E-state index >= 15 is 0 Å². The Hall–Kier alpha value is -1.96. The van der Waals surface area contributed by atoms with E-state index in [-0.39, 0.29) is 23.8 Å². The molecule has 2 fully saturated rings. The van der Waals surface area contributed by atoms with E-state index in [0.717, 1.165) is 0 Å². The van der Waals surface area contributed by atoms with Crippen LogP contribution in [0.5, 0.6) is 0 Å². The fourth-order valence-electron chi connectivity index (χ4n) is 4.78. The first-order chi connectivity index (χ1) is 12.4. The predicted octanol–water partition coefficient (Wildman–Crippen LogP) is 0.0906. The van der Waals surface area contributed by atoms with Gasteiger partial charge in [0.05, 0.1) is 16.8 Å². The number of likely N-dealkylation sites (tertiary alicyclic amines) is 1. The molecule has 4 atom stereocenters. The molecule has 1 spiro atoms. The van der Waals surface area contributed by atoms with Crippen LogP contribution in [0.3, 0.4) is 0 Å². The molecular weight excluding hydrogens is 358 g/mol. The van der Waals surface area contributed by atoms with Crippen molar-refractivity contribution in [2.45, 2.75) is 24.9 Å². The predicted molar refractivity (Wildman–Crippen MR) is 93.3 cm³/mol. The number of nitrogens with zero attached hydrogens (tertiary/aromatic N) is 1. The lowest BCUT2D eigenvalue weighted by Gasteiger charge is -2.25. The second-order valence-electron chi connectivity index (χ2n) is 7.19. The number of fused-ring (bicyclic) bond motifs is 4. The molecule has 7 nitrogen and oxygen atoms in total. The number of carbonyl (C=O) groups is 3. The maximum atomic E-state index is 13.2.